The Morgan fingerprint density at radius 2 is 1.70 bits per heavy atom. The number of carbonyl (C=O) groups is 4. The molecule has 2 N–H and O–H groups in total. The van der Waals surface area contributed by atoms with Crippen molar-refractivity contribution < 1.29 is 33.8 Å². The lowest BCUT2D eigenvalue weighted by molar-refractivity contribution is -0.161. The van der Waals surface area contributed by atoms with Gasteiger partial charge in [-0.2, -0.15) is 0 Å². The van der Waals surface area contributed by atoms with E-state index in [0.29, 0.717) is 37.9 Å². The minimum Gasteiger partial charge on any atom is -0.455 e. The fourth-order valence-corrected chi connectivity index (χ4v) is 7.33. The number of rotatable bonds is 7. The number of carbonyl (C=O) groups excluding carboxylic acids is 4. The maximum Gasteiger partial charge on any atom is 0.313 e. The summed E-state index contributed by atoms with van der Waals surface area (Å²) < 4.78 is 13.0. The van der Waals surface area contributed by atoms with Gasteiger partial charge < -0.3 is 29.7 Å². The second kappa shape index (κ2) is 13.6. The van der Waals surface area contributed by atoms with Crippen molar-refractivity contribution in [1.29, 1.82) is 0 Å². The average Bonchev–Trinajstić information content (AvgIpc) is 3.44. The molecule has 2 saturated heterocycles. The molecule has 2 aromatic carbocycles. The standard InChI is InChI=1S/C36H41N3O7/c1-24-31(26-15-6-3-7-16-26)45-35(44)29-27(17-8-9-18-28(41)37-24)46-36-19-12-20-38(23-25-13-4-2-5-14-25)34(43)32(36)39(21-10-11-22-40)33(42)30(29)36/h2-8,12-17,19,24,27,29-32,40H,9-11,18,20-23H2,1H3,(H,37,41)/b17-8-/t24-,27-,29+,30+,31+,32-,36+/m1/s1. The summed E-state index contributed by atoms with van der Waals surface area (Å²) in [4.78, 5) is 59.3. The molecular weight excluding hydrogens is 586 g/mol. The van der Waals surface area contributed by atoms with Gasteiger partial charge in [0.25, 0.3) is 0 Å². The van der Waals surface area contributed by atoms with Gasteiger partial charge in [0.05, 0.1) is 18.1 Å². The molecule has 10 nitrogen and oxygen atoms in total. The lowest BCUT2D eigenvalue weighted by Crippen LogP contribution is -2.55. The number of fused-ring (bicyclic) bond motifs is 2. The Bertz CT molecular complexity index is 1500. The Morgan fingerprint density at radius 3 is 2.43 bits per heavy atom. The Balaban J connectivity index is 1.40. The van der Waals surface area contributed by atoms with Crippen molar-refractivity contribution in [2.24, 2.45) is 11.8 Å². The smallest absolute Gasteiger partial charge is 0.313 e. The molecule has 10 heteroatoms. The highest BCUT2D eigenvalue weighted by molar-refractivity contribution is 5.99. The molecule has 6 rings (SSSR count). The molecular formula is C36H41N3O7. The summed E-state index contributed by atoms with van der Waals surface area (Å²) in [5, 5.41) is 12.5. The quantitative estimate of drug-likeness (QED) is 0.275. The van der Waals surface area contributed by atoms with E-state index < -0.39 is 47.7 Å². The average molecular weight is 628 g/mol. The zero-order valence-corrected chi connectivity index (χ0v) is 26.0. The molecule has 4 aliphatic rings. The number of esters is 1. The van der Waals surface area contributed by atoms with E-state index >= 15 is 0 Å². The molecule has 1 spiro atoms. The van der Waals surface area contributed by atoms with Gasteiger partial charge in [-0.3, -0.25) is 19.2 Å². The first-order chi connectivity index (χ1) is 22.3. The number of allylic oxidation sites excluding steroid dienone is 1. The van der Waals surface area contributed by atoms with Gasteiger partial charge in [-0.1, -0.05) is 85.0 Å². The van der Waals surface area contributed by atoms with Crippen molar-refractivity contribution >= 4 is 23.7 Å². The van der Waals surface area contributed by atoms with Crippen LogP contribution in [-0.2, 0) is 35.2 Å². The van der Waals surface area contributed by atoms with E-state index in [0.717, 1.165) is 5.56 Å². The third-order valence-electron chi connectivity index (χ3n) is 9.45. The summed E-state index contributed by atoms with van der Waals surface area (Å²) in [6, 6.07) is 17.3. The van der Waals surface area contributed by atoms with Crippen LogP contribution >= 0.6 is 0 Å². The summed E-state index contributed by atoms with van der Waals surface area (Å²) in [5.41, 5.74) is 0.264. The molecule has 0 bridgehead atoms. The van der Waals surface area contributed by atoms with Crippen LogP contribution in [0.25, 0.3) is 0 Å². The first-order valence-corrected chi connectivity index (χ1v) is 16.1. The van der Waals surface area contributed by atoms with Gasteiger partial charge in [0.15, 0.2) is 0 Å². The van der Waals surface area contributed by atoms with Crippen molar-refractivity contribution in [3.05, 3.63) is 96.1 Å². The monoisotopic (exact) mass is 627 g/mol. The van der Waals surface area contributed by atoms with Crippen LogP contribution in [0.4, 0.5) is 0 Å². The fraction of sp³-hybridized carbons (Fsp3) is 0.444. The number of nitrogens with zero attached hydrogens (tertiary/aromatic N) is 2. The number of unbranched alkanes of at least 4 members (excludes halogenated alkanes) is 1. The van der Waals surface area contributed by atoms with Gasteiger partial charge in [-0.15, -0.1) is 0 Å². The third kappa shape index (κ3) is 5.99. The number of nitrogens with one attached hydrogen (secondary N) is 1. The number of amides is 3. The van der Waals surface area contributed by atoms with Crippen LogP contribution in [0.1, 0.15) is 49.8 Å². The predicted octanol–water partition coefficient (Wildman–Crippen LogP) is 3.08. The minimum atomic E-state index is -1.40. The number of likely N-dealkylation sites (tertiary alicyclic amines) is 1. The van der Waals surface area contributed by atoms with Crippen LogP contribution < -0.4 is 5.32 Å². The third-order valence-corrected chi connectivity index (χ3v) is 9.45. The van der Waals surface area contributed by atoms with Crippen LogP contribution in [0.3, 0.4) is 0 Å². The van der Waals surface area contributed by atoms with Gasteiger partial charge in [-0.25, -0.2) is 0 Å². The zero-order valence-electron chi connectivity index (χ0n) is 26.0. The number of cyclic esters (lactones) is 1. The summed E-state index contributed by atoms with van der Waals surface area (Å²) in [6.07, 6.45) is 7.14. The van der Waals surface area contributed by atoms with E-state index in [1.165, 1.54) is 0 Å². The van der Waals surface area contributed by atoms with Gasteiger partial charge in [0.2, 0.25) is 17.7 Å². The molecule has 0 aromatic heterocycles. The molecule has 242 valence electrons. The number of benzene rings is 2. The number of hydrogen-bond acceptors (Lipinski definition) is 7. The number of hydrogen-bond donors (Lipinski definition) is 2. The second-order valence-corrected chi connectivity index (χ2v) is 12.5. The number of ether oxygens (including phenoxy) is 2. The normalized spacial score (nSPS) is 32.0. The summed E-state index contributed by atoms with van der Waals surface area (Å²) in [6.45, 7) is 2.66. The van der Waals surface area contributed by atoms with Gasteiger partial charge >= 0.3 is 5.97 Å². The van der Waals surface area contributed by atoms with Crippen molar-refractivity contribution in [3.8, 4) is 0 Å². The van der Waals surface area contributed by atoms with E-state index in [9.17, 15) is 24.3 Å². The first kappa shape index (κ1) is 31.7. The van der Waals surface area contributed by atoms with Crippen molar-refractivity contribution in [1.82, 2.24) is 15.1 Å². The molecule has 0 radical (unpaired) electrons. The predicted molar refractivity (Wildman–Crippen MR) is 169 cm³/mol. The van der Waals surface area contributed by atoms with E-state index in [4.69, 9.17) is 9.47 Å². The van der Waals surface area contributed by atoms with Gasteiger partial charge in [0.1, 0.15) is 23.7 Å². The van der Waals surface area contributed by atoms with E-state index in [1.807, 2.05) is 72.8 Å². The van der Waals surface area contributed by atoms with Crippen LogP contribution in [0, 0.1) is 11.8 Å². The first-order valence-electron chi connectivity index (χ1n) is 16.1. The fourth-order valence-electron chi connectivity index (χ4n) is 7.33. The Kier molecular flexibility index (Phi) is 9.37. The SMILES string of the molecule is C[C@H]1NC(=O)CC/C=C\[C@H]2O[C@]34C=CCN(Cc5ccccc5)C(=O)[C@H]3N(CCCCO)C(=O)[C@@H]4[C@H]2C(=O)O[C@@H]1c1ccccc1. The zero-order chi connectivity index (χ0) is 32.3. The maximum absolute atomic E-state index is 14.5. The highest BCUT2D eigenvalue weighted by Crippen LogP contribution is 2.53. The Labute approximate surface area is 269 Å². The molecule has 0 unspecified atom stereocenters. The Hall–Kier alpha value is -4.28. The highest BCUT2D eigenvalue weighted by Gasteiger charge is 2.71. The van der Waals surface area contributed by atoms with Crippen molar-refractivity contribution in [2.45, 2.75) is 69.0 Å². The molecule has 4 heterocycles. The summed E-state index contributed by atoms with van der Waals surface area (Å²) >= 11 is 0. The topological polar surface area (TPSA) is 125 Å². The summed E-state index contributed by atoms with van der Waals surface area (Å²) in [7, 11) is 0. The number of aliphatic hydroxyl groups is 1. The minimum absolute atomic E-state index is 0.0385. The molecule has 3 amide bonds. The largest absolute Gasteiger partial charge is 0.455 e. The summed E-state index contributed by atoms with van der Waals surface area (Å²) in [5.74, 6) is -3.42. The van der Waals surface area contributed by atoms with Crippen molar-refractivity contribution in [3.63, 3.8) is 0 Å². The molecule has 0 aliphatic carbocycles. The molecule has 2 fully saturated rings. The van der Waals surface area contributed by atoms with Crippen LogP contribution in [0.5, 0.6) is 0 Å². The van der Waals surface area contributed by atoms with Crippen LogP contribution in [-0.4, -0.2) is 82.1 Å². The van der Waals surface area contributed by atoms with Crippen LogP contribution in [0.15, 0.2) is 85.0 Å². The molecule has 2 aromatic rings. The van der Waals surface area contributed by atoms with E-state index in [1.54, 1.807) is 28.9 Å². The molecule has 7 atom stereocenters. The van der Waals surface area contributed by atoms with E-state index in [2.05, 4.69) is 5.32 Å². The lowest BCUT2D eigenvalue weighted by atomic mass is 9.77. The van der Waals surface area contributed by atoms with Crippen LogP contribution in [0.2, 0.25) is 0 Å². The number of aliphatic hydroxyl groups excluding tert-OH is 1. The highest BCUT2D eigenvalue weighted by atomic mass is 16.6. The molecule has 4 aliphatic heterocycles. The molecule has 0 saturated carbocycles. The second-order valence-electron chi connectivity index (χ2n) is 12.5. The maximum atomic E-state index is 14.5. The van der Waals surface area contributed by atoms with Gasteiger partial charge in [0, 0.05) is 32.7 Å². The lowest BCUT2D eigenvalue weighted by Gasteiger charge is -2.35. The van der Waals surface area contributed by atoms with Crippen molar-refractivity contribution in [2.75, 3.05) is 19.7 Å². The molecule has 46 heavy (non-hydrogen) atoms. The van der Waals surface area contributed by atoms with E-state index in [-0.39, 0.29) is 37.3 Å². The van der Waals surface area contributed by atoms with Gasteiger partial charge in [-0.05, 0) is 37.3 Å². The Morgan fingerprint density at radius 1 is 0.957 bits per heavy atom.